The van der Waals surface area contributed by atoms with Gasteiger partial charge in [-0.3, -0.25) is 4.79 Å². The number of morpholine rings is 1. The summed E-state index contributed by atoms with van der Waals surface area (Å²) in [5.41, 5.74) is 2.03. The van der Waals surface area contributed by atoms with Crippen LogP contribution in [0.4, 0.5) is 0 Å². The highest BCUT2D eigenvalue weighted by Crippen LogP contribution is 2.21. The van der Waals surface area contributed by atoms with Crippen molar-refractivity contribution < 1.29 is 14.3 Å². The Kier molecular flexibility index (Phi) is 6.07. The normalized spacial score (nSPS) is 14.4. The molecule has 1 amide bonds. The minimum Gasteiger partial charge on any atom is -0.489 e. The summed E-state index contributed by atoms with van der Waals surface area (Å²) in [7, 11) is 0. The number of amides is 1. The second-order valence-electron chi connectivity index (χ2n) is 7.07. The highest BCUT2D eigenvalue weighted by molar-refractivity contribution is 6.01. The van der Waals surface area contributed by atoms with Gasteiger partial charge in [0.2, 0.25) is 0 Å². The van der Waals surface area contributed by atoms with Crippen molar-refractivity contribution in [2.75, 3.05) is 26.3 Å². The number of hydrogen-bond donors (Lipinski definition) is 0. The molecule has 0 unspecified atom stereocenters. The largest absolute Gasteiger partial charge is 0.489 e. The monoisotopic (exact) mass is 398 g/mol. The molecule has 0 N–H and O–H groups in total. The second-order valence-corrected chi connectivity index (χ2v) is 7.07. The fourth-order valence-corrected chi connectivity index (χ4v) is 3.49. The van der Waals surface area contributed by atoms with E-state index in [0.717, 1.165) is 16.9 Å². The van der Waals surface area contributed by atoms with Gasteiger partial charge >= 0.3 is 0 Å². The molecule has 3 aromatic rings. The Bertz CT molecular complexity index is 1100. The van der Waals surface area contributed by atoms with Crippen molar-refractivity contribution in [3.05, 3.63) is 83.4 Å². The van der Waals surface area contributed by atoms with E-state index in [4.69, 9.17) is 9.47 Å². The SMILES string of the molecule is N#C/C(=C\c1ccc(OCc2cccc3ccccc23)cc1)C(=O)N1CCOCC1. The minimum absolute atomic E-state index is 0.126. The van der Waals surface area contributed by atoms with Crippen molar-refractivity contribution in [3.63, 3.8) is 0 Å². The Hall–Kier alpha value is -3.62. The van der Waals surface area contributed by atoms with Crippen LogP contribution < -0.4 is 4.74 Å². The number of rotatable bonds is 5. The molecule has 5 heteroatoms. The molecule has 0 aliphatic carbocycles. The Morgan fingerprint density at radius 2 is 1.77 bits per heavy atom. The van der Waals surface area contributed by atoms with E-state index in [1.807, 2.05) is 48.5 Å². The molecule has 0 bridgehead atoms. The lowest BCUT2D eigenvalue weighted by molar-refractivity contribution is -0.130. The third-order valence-corrected chi connectivity index (χ3v) is 5.11. The fraction of sp³-hybridized carbons (Fsp3) is 0.200. The Balaban J connectivity index is 1.44. The molecule has 30 heavy (non-hydrogen) atoms. The van der Waals surface area contributed by atoms with Crippen LogP contribution >= 0.6 is 0 Å². The lowest BCUT2D eigenvalue weighted by Crippen LogP contribution is -2.41. The van der Waals surface area contributed by atoms with Gasteiger partial charge in [0, 0.05) is 13.1 Å². The quantitative estimate of drug-likeness (QED) is 0.478. The summed E-state index contributed by atoms with van der Waals surface area (Å²) in [4.78, 5) is 14.2. The van der Waals surface area contributed by atoms with Crippen molar-refractivity contribution in [2.45, 2.75) is 6.61 Å². The molecule has 0 aromatic heterocycles. The van der Waals surface area contributed by atoms with Gasteiger partial charge in [0.1, 0.15) is 24.0 Å². The molecule has 5 nitrogen and oxygen atoms in total. The number of carbonyl (C=O) groups is 1. The molecule has 150 valence electrons. The lowest BCUT2D eigenvalue weighted by atomic mass is 10.1. The molecule has 1 aliphatic rings. The summed E-state index contributed by atoms with van der Waals surface area (Å²) < 4.78 is 11.2. The molecule has 1 heterocycles. The average Bonchev–Trinajstić information content (AvgIpc) is 2.82. The van der Waals surface area contributed by atoms with E-state index in [2.05, 4.69) is 24.3 Å². The maximum absolute atomic E-state index is 12.5. The van der Waals surface area contributed by atoms with E-state index >= 15 is 0 Å². The number of nitriles is 1. The molecular weight excluding hydrogens is 376 g/mol. The second kappa shape index (κ2) is 9.25. The molecule has 0 radical (unpaired) electrons. The summed E-state index contributed by atoms with van der Waals surface area (Å²) in [5, 5.41) is 11.8. The standard InChI is InChI=1S/C25H22N2O3/c26-17-22(25(28)27-12-14-29-15-13-27)16-19-8-10-23(11-9-19)30-18-21-6-3-5-20-4-1-2-7-24(20)21/h1-11,16H,12-15,18H2/b22-16+. The first-order valence-electron chi connectivity index (χ1n) is 9.93. The number of benzene rings is 3. The molecule has 3 aromatic carbocycles. The zero-order valence-corrected chi connectivity index (χ0v) is 16.6. The van der Waals surface area contributed by atoms with Crippen LogP contribution in [0.3, 0.4) is 0 Å². The predicted molar refractivity (Wildman–Crippen MR) is 116 cm³/mol. The van der Waals surface area contributed by atoms with E-state index in [-0.39, 0.29) is 11.5 Å². The number of ether oxygens (including phenoxy) is 2. The maximum atomic E-state index is 12.5. The average molecular weight is 398 g/mol. The van der Waals surface area contributed by atoms with Crippen LogP contribution in [0, 0.1) is 11.3 Å². The van der Waals surface area contributed by atoms with E-state index in [1.165, 1.54) is 10.8 Å². The van der Waals surface area contributed by atoms with Crippen LogP contribution in [0.15, 0.2) is 72.3 Å². The first kappa shape index (κ1) is 19.7. The van der Waals surface area contributed by atoms with Crippen molar-refractivity contribution in [2.24, 2.45) is 0 Å². The van der Waals surface area contributed by atoms with E-state index in [9.17, 15) is 10.1 Å². The molecule has 0 spiro atoms. The van der Waals surface area contributed by atoms with Crippen molar-refractivity contribution in [1.29, 1.82) is 5.26 Å². The summed E-state index contributed by atoms with van der Waals surface area (Å²) >= 11 is 0. The molecule has 0 atom stereocenters. The van der Waals surface area contributed by atoms with Crippen LogP contribution in [-0.2, 0) is 16.1 Å². The van der Waals surface area contributed by atoms with E-state index in [0.29, 0.717) is 32.9 Å². The zero-order chi connectivity index (χ0) is 20.8. The van der Waals surface area contributed by atoms with Gasteiger partial charge in [-0.05, 0) is 40.1 Å². The molecule has 4 rings (SSSR count). The van der Waals surface area contributed by atoms with Crippen LogP contribution in [-0.4, -0.2) is 37.1 Å². The number of carbonyl (C=O) groups excluding carboxylic acids is 1. The van der Waals surface area contributed by atoms with E-state index in [1.54, 1.807) is 11.0 Å². The number of nitrogens with zero attached hydrogens (tertiary/aromatic N) is 2. The molecule has 1 saturated heterocycles. The molecule has 1 fully saturated rings. The Morgan fingerprint density at radius 1 is 1.03 bits per heavy atom. The van der Waals surface area contributed by atoms with Gasteiger partial charge in [0.15, 0.2) is 0 Å². The highest BCUT2D eigenvalue weighted by Gasteiger charge is 2.20. The van der Waals surface area contributed by atoms with Crippen LogP contribution in [0.5, 0.6) is 5.75 Å². The third kappa shape index (κ3) is 4.51. The van der Waals surface area contributed by atoms with Gasteiger partial charge in [-0.2, -0.15) is 5.26 Å². The smallest absolute Gasteiger partial charge is 0.264 e. The molecule has 0 saturated carbocycles. The molecule has 1 aliphatic heterocycles. The van der Waals surface area contributed by atoms with Gasteiger partial charge in [-0.25, -0.2) is 0 Å². The fourth-order valence-electron chi connectivity index (χ4n) is 3.49. The summed E-state index contributed by atoms with van der Waals surface area (Å²) in [6.45, 7) is 2.51. The van der Waals surface area contributed by atoms with Crippen LogP contribution in [0.1, 0.15) is 11.1 Å². The Morgan fingerprint density at radius 3 is 2.53 bits per heavy atom. The first-order valence-corrected chi connectivity index (χ1v) is 9.93. The topological polar surface area (TPSA) is 62.6 Å². The Labute approximate surface area is 175 Å². The third-order valence-electron chi connectivity index (χ3n) is 5.11. The number of hydrogen-bond acceptors (Lipinski definition) is 4. The first-order chi connectivity index (χ1) is 14.7. The predicted octanol–water partition coefficient (Wildman–Crippen LogP) is 4.18. The van der Waals surface area contributed by atoms with E-state index < -0.39 is 0 Å². The summed E-state index contributed by atoms with van der Waals surface area (Å²) in [6, 6.07) is 23.8. The highest BCUT2D eigenvalue weighted by atomic mass is 16.5. The number of fused-ring (bicyclic) bond motifs is 1. The molecular formula is C25H22N2O3. The lowest BCUT2D eigenvalue weighted by Gasteiger charge is -2.26. The zero-order valence-electron chi connectivity index (χ0n) is 16.6. The van der Waals surface area contributed by atoms with Gasteiger partial charge in [0.25, 0.3) is 5.91 Å². The van der Waals surface area contributed by atoms with Crippen molar-refractivity contribution >= 4 is 22.8 Å². The van der Waals surface area contributed by atoms with Gasteiger partial charge in [-0.15, -0.1) is 0 Å². The van der Waals surface area contributed by atoms with Gasteiger partial charge < -0.3 is 14.4 Å². The van der Waals surface area contributed by atoms with Gasteiger partial charge in [-0.1, -0.05) is 54.6 Å². The minimum atomic E-state index is -0.253. The summed E-state index contributed by atoms with van der Waals surface area (Å²) in [6.07, 6.45) is 1.62. The van der Waals surface area contributed by atoms with Crippen LogP contribution in [0.25, 0.3) is 16.8 Å². The van der Waals surface area contributed by atoms with Gasteiger partial charge in [0.05, 0.1) is 13.2 Å². The maximum Gasteiger partial charge on any atom is 0.264 e. The van der Waals surface area contributed by atoms with Crippen molar-refractivity contribution in [3.8, 4) is 11.8 Å². The van der Waals surface area contributed by atoms with Crippen LogP contribution in [0.2, 0.25) is 0 Å². The summed E-state index contributed by atoms with van der Waals surface area (Å²) in [5.74, 6) is 0.482. The van der Waals surface area contributed by atoms with Crippen molar-refractivity contribution in [1.82, 2.24) is 4.90 Å².